The standard InChI is InChI=1S/C20H24N2O4S/c1-3-12-22-19-10-4-15(13-16(19)5-11-20(22)23)14-21-27(24,25)18-8-6-17(26-2)7-9-18/h4,6-10,13,21H,3,5,11-12,14H2,1-2H3. The van der Waals surface area contributed by atoms with Crippen molar-refractivity contribution < 1.29 is 17.9 Å². The largest absolute Gasteiger partial charge is 0.497 e. The molecule has 0 unspecified atom stereocenters. The van der Waals surface area contributed by atoms with E-state index in [-0.39, 0.29) is 17.3 Å². The van der Waals surface area contributed by atoms with E-state index in [0.717, 1.165) is 23.2 Å². The molecule has 1 aliphatic rings. The second-order valence-corrected chi connectivity index (χ2v) is 8.28. The fraction of sp³-hybridized carbons (Fsp3) is 0.350. The van der Waals surface area contributed by atoms with Crippen LogP contribution in [0.5, 0.6) is 5.75 Å². The number of benzene rings is 2. The van der Waals surface area contributed by atoms with Crippen molar-refractivity contribution in [2.45, 2.75) is 37.6 Å². The number of rotatable bonds is 7. The van der Waals surface area contributed by atoms with Gasteiger partial charge in [0.05, 0.1) is 12.0 Å². The molecule has 1 N–H and O–H groups in total. The summed E-state index contributed by atoms with van der Waals surface area (Å²) in [6, 6.07) is 12.0. The van der Waals surface area contributed by atoms with Gasteiger partial charge in [-0.2, -0.15) is 0 Å². The van der Waals surface area contributed by atoms with E-state index in [1.165, 1.54) is 19.2 Å². The monoisotopic (exact) mass is 388 g/mol. The van der Waals surface area contributed by atoms with Crippen LogP contribution in [0.1, 0.15) is 30.9 Å². The molecular weight excluding hydrogens is 364 g/mol. The number of ether oxygens (including phenoxy) is 1. The van der Waals surface area contributed by atoms with Crippen LogP contribution in [0.2, 0.25) is 0 Å². The van der Waals surface area contributed by atoms with Crippen molar-refractivity contribution in [3.8, 4) is 5.75 Å². The van der Waals surface area contributed by atoms with Crippen LogP contribution < -0.4 is 14.4 Å². The molecule has 0 atom stereocenters. The number of carbonyl (C=O) groups is 1. The summed E-state index contributed by atoms with van der Waals surface area (Å²) in [6.07, 6.45) is 2.08. The SMILES string of the molecule is CCCN1C(=O)CCc2cc(CNS(=O)(=O)c3ccc(OC)cc3)ccc21. The van der Waals surface area contributed by atoms with Gasteiger partial charge in [-0.05, 0) is 54.3 Å². The van der Waals surface area contributed by atoms with Crippen molar-refractivity contribution in [1.29, 1.82) is 0 Å². The second-order valence-electron chi connectivity index (χ2n) is 6.51. The maximum Gasteiger partial charge on any atom is 0.240 e. The molecule has 27 heavy (non-hydrogen) atoms. The number of hydrogen-bond acceptors (Lipinski definition) is 4. The maximum absolute atomic E-state index is 12.5. The van der Waals surface area contributed by atoms with Gasteiger partial charge in [0, 0.05) is 25.2 Å². The van der Waals surface area contributed by atoms with Crippen LogP contribution in [0.3, 0.4) is 0 Å². The van der Waals surface area contributed by atoms with Crippen molar-refractivity contribution in [3.05, 3.63) is 53.6 Å². The number of methoxy groups -OCH3 is 1. The van der Waals surface area contributed by atoms with E-state index in [1.54, 1.807) is 12.1 Å². The smallest absolute Gasteiger partial charge is 0.240 e. The van der Waals surface area contributed by atoms with Crippen LogP contribution in [0.4, 0.5) is 5.69 Å². The maximum atomic E-state index is 12.5. The van der Waals surface area contributed by atoms with E-state index >= 15 is 0 Å². The molecule has 0 spiro atoms. The van der Waals surface area contributed by atoms with E-state index in [1.807, 2.05) is 30.0 Å². The minimum Gasteiger partial charge on any atom is -0.497 e. The Labute approximate surface area is 160 Å². The van der Waals surface area contributed by atoms with E-state index in [4.69, 9.17) is 4.74 Å². The molecule has 0 fully saturated rings. The number of aryl methyl sites for hydroxylation is 1. The molecule has 7 heteroatoms. The number of nitrogens with one attached hydrogen (secondary N) is 1. The van der Waals surface area contributed by atoms with Crippen LogP contribution in [0.25, 0.3) is 0 Å². The highest BCUT2D eigenvalue weighted by Crippen LogP contribution is 2.29. The average Bonchev–Trinajstić information content (AvgIpc) is 2.68. The van der Waals surface area contributed by atoms with Crippen molar-refractivity contribution >= 4 is 21.6 Å². The Morgan fingerprint density at radius 1 is 1.11 bits per heavy atom. The molecule has 2 aromatic carbocycles. The zero-order valence-electron chi connectivity index (χ0n) is 15.6. The van der Waals surface area contributed by atoms with Crippen molar-refractivity contribution in [2.24, 2.45) is 0 Å². The topological polar surface area (TPSA) is 75.7 Å². The zero-order chi connectivity index (χ0) is 19.4. The highest BCUT2D eigenvalue weighted by Gasteiger charge is 2.23. The van der Waals surface area contributed by atoms with Crippen LogP contribution >= 0.6 is 0 Å². The van der Waals surface area contributed by atoms with Gasteiger partial charge in [0.2, 0.25) is 15.9 Å². The Hall–Kier alpha value is -2.38. The summed E-state index contributed by atoms with van der Waals surface area (Å²) in [7, 11) is -2.07. The molecule has 1 aliphatic heterocycles. The van der Waals surface area contributed by atoms with Crippen LogP contribution in [-0.2, 0) is 27.8 Å². The number of fused-ring (bicyclic) bond motifs is 1. The number of hydrogen-bond donors (Lipinski definition) is 1. The molecule has 6 nitrogen and oxygen atoms in total. The molecule has 0 aliphatic carbocycles. The zero-order valence-corrected chi connectivity index (χ0v) is 16.4. The summed E-state index contributed by atoms with van der Waals surface area (Å²) in [5.41, 5.74) is 2.90. The minimum atomic E-state index is -3.60. The first kappa shape index (κ1) is 19.4. The number of amides is 1. The van der Waals surface area contributed by atoms with Crippen LogP contribution in [0, 0.1) is 0 Å². The number of carbonyl (C=O) groups excluding carboxylic acids is 1. The minimum absolute atomic E-state index is 0.150. The van der Waals surface area contributed by atoms with Crippen LogP contribution in [-0.4, -0.2) is 28.0 Å². The van der Waals surface area contributed by atoms with Gasteiger partial charge in [0.15, 0.2) is 0 Å². The lowest BCUT2D eigenvalue weighted by Gasteiger charge is -2.29. The summed E-state index contributed by atoms with van der Waals surface area (Å²) >= 11 is 0. The van der Waals surface area contributed by atoms with Gasteiger partial charge < -0.3 is 9.64 Å². The fourth-order valence-corrected chi connectivity index (χ4v) is 4.23. The molecule has 0 saturated carbocycles. The van der Waals surface area contributed by atoms with Crippen molar-refractivity contribution in [3.63, 3.8) is 0 Å². The number of anilines is 1. The van der Waals surface area contributed by atoms with E-state index in [2.05, 4.69) is 4.72 Å². The molecular formula is C20H24N2O4S. The third kappa shape index (κ3) is 4.31. The molecule has 0 saturated heterocycles. The second kappa shape index (κ2) is 8.10. The number of sulfonamides is 1. The quantitative estimate of drug-likeness (QED) is 0.791. The summed E-state index contributed by atoms with van der Waals surface area (Å²) < 4.78 is 32.6. The Morgan fingerprint density at radius 2 is 1.85 bits per heavy atom. The average molecular weight is 388 g/mol. The van der Waals surface area contributed by atoms with Gasteiger partial charge in [-0.15, -0.1) is 0 Å². The lowest BCUT2D eigenvalue weighted by atomic mass is 9.98. The van der Waals surface area contributed by atoms with E-state index in [9.17, 15) is 13.2 Å². The summed E-state index contributed by atoms with van der Waals surface area (Å²) in [4.78, 5) is 14.1. The summed E-state index contributed by atoms with van der Waals surface area (Å²) in [6.45, 7) is 2.95. The van der Waals surface area contributed by atoms with Crippen molar-refractivity contribution in [1.82, 2.24) is 4.72 Å². The van der Waals surface area contributed by atoms with Gasteiger partial charge in [-0.3, -0.25) is 4.79 Å². The van der Waals surface area contributed by atoms with Crippen LogP contribution in [0.15, 0.2) is 47.4 Å². The Balaban J connectivity index is 1.74. The Morgan fingerprint density at radius 3 is 2.52 bits per heavy atom. The molecule has 2 aromatic rings. The van der Waals surface area contributed by atoms with Gasteiger partial charge in [-0.1, -0.05) is 19.1 Å². The first-order valence-electron chi connectivity index (χ1n) is 9.00. The third-order valence-corrected chi connectivity index (χ3v) is 6.04. The predicted molar refractivity (Wildman–Crippen MR) is 104 cm³/mol. The van der Waals surface area contributed by atoms with Crippen molar-refractivity contribution in [2.75, 3.05) is 18.6 Å². The predicted octanol–water partition coefficient (Wildman–Crippen LogP) is 2.86. The molecule has 0 bridgehead atoms. The summed E-state index contributed by atoms with van der Waals surface area (Å²) in [5, 5.41) is 0. The third-order valence-electron chi connectivity index (χ3n) is 4.63. The highest BCUT2D eigenvalue weighted by molar-refractivity contribution is 7.89. The van der Waals surface area contributed by atoms with Gasteiger partial charge >= 0.3 is 0 Å². The summed E-state index contributed by atoms with van der Waals surface area (Å²) in [5.74, 6) is 0.757. The highest BCUT2D eigenvalue weighted by atomic mass is 32.2. The molecule has 1 heterocycles. The van der Waals surface area contributed by atoms with E-state index in [0.29, 0.717) is 25.1 Å². The molecule has 3 rings (SSSR count). The molecule has 0 aromatic heterocycles. The fourth-order valence-electron chi connectivity index (χ4n) is 3.21. The molecule has 144 valence electrons. The van der Waals surface area contributed by atoms with Gasteiger partial charge in [-0.25, -0.2) is 13.1 Å². The Kier molecular flexibility index (Phi) is 5.82. The molecule has 0 radical (unpaired) electrons. The Bertz CT molecular complexity index is 923. The first-order valence-corrected chi connectivity index (χ1v) is 10.5. The van der Waals surface area contributed by atoms with E-state index < -0.39 is 10.0 Å². The normalized spacial score (nSPS) is 14.1. The van der Waals surface area contributed by atoms with Gasteiger partial charge in [0.25, 0.3) is 0 Å². The first-order chi connectivity index (χ1) is 12.9. The number of nitrogens with zero attached hydrogens (tertiary/aromatic N) is 1. The lowest BCUT2D eigenvalue weighted by molar-refractivity contribution is -0.118. The molecule has 1 amide bonds. The lowest BCUT2D eigenvalue weighted by Crippen LogP contribution is -2.35. The van der Waals surface area contributed by atoms with Gasteiger partial charge in [0.1, 0.15) is 5.75 Å².